The summed E-state index contributed by atoms with van der Waals surface area (Å²) < 4.78 is 0. The molecule has 0 spiro atoms. The molecule has 2 aromatic rings. The van der Waals surface area contributed by atoms with E-state index >= 15 is 0 Å². The lowest BCUT2D eigenvalue weighted by Gasteiger charge is -2.11. The molecule has 1 fully saturated rings. The van der Waals surface area contributed by atoms with Crippen LogP contribution in [0.3, 0.4) is 0 Å². The maximum Gasteiger partial charge on any atom is 0.266 e. The number of carbonyl (C=O) groups excluding carboxylic acids is 1. The average Bonchev–Trinajstić information content (AvgIpc) is 2.91. The minimum absolute atomic E-state index is 0.0112. The van der Waals surface area contributed by atoms with Gasteiger partial charge in [0.25, 0.3) is 5.91 Å². The minimum Gasteiger partial charge on any atom is -0.287 e. The zero-order valence-corrected chi connectivity index (χ0v) is 14.1. The van der Waals surface area contributed by atoms with Gasteiger partial charge in [0.15, 0.2) is 5.17 Å². The number of amides is 1. The van der Waals surface area contributed by atoms with Crippen LogP contribution in [0.1, 0.15) is 12.5 Å². The van der Waals surface area contributed by atoms with Gasteiger partial charge in [-0.15, -0.1) is 0 Å². The standard InChI is InChI=1S/C19H17N3OS/c1-2-22-18(23)17(12-6-10-15-8-4-3-5-9-15)24-19(22)21-16-11-7-13-20-14-16/h3-14H,2H2,1H3/b10-6+,17-12-,21-19?. The lowest BCUT2D eigenvalue weighted by Crippen LogP contribution is -2.28. The molecule has 120 valence electrons. The van der Waals surface area contributed by atoms with Gasteiger partial charge in [0, 0.05) is 12.7 Å². The first-order chi connectivity index (χ1) is 11.8. The Hall–Kier alpha value is -2.66. The number of rotatable bonds is 4. The van der Waals surface area contributed by atoms with Crippen LogP contribution >= 0.6 is 11.8 Å². The fourth-order valence-corrected chi connectivity index (χ4v) is 3.24. The van der Waals surface area contributed by atoms with Crippen LogP contribution in [0.4, 0.5) is 5.69 Å². The summed E-state index contributed by atoms with van der Waals surface area (Å²) in [5.41, 5.74) is 1.84. The van der Waals surface area contributed by atoms with Crippen LogP contribution in [0.25, 0.3) is 6.08 Å². The van der Waals surface area contributed by atoms with Crippen molar-refractivity contribution >= 4 is 34.6 Å². The molecule has 5 heteroatoms. The van der Waals surface area contributed by atoms with E-state index in [1.807, 2.05) is 67.6 Å². The van der Waals surface area contributed by atoms with Gasteiger partial charge in [-0.25, -0.2) is 4.99 Å². The Morgan fingerprint density at radius 3 is 2.75 bits per heavy atom. The van der Waals surface area contributed by atoms with Crippen molar-refractivity contribution in [2.75, 3.05) is 6.54 Å². The molecule has 24 heavy (non-hydrogen) atoms. The number of hydrogen-bond donors (Lipinski definition) is 0. The first-order valence-electron chi connectivity index (χ1n) is 7.70. The van der Waals surface area contributed by atoms with Crippen LogP contribution in [0.5, 0.6) is 0 Å². The molecule has 0 radical (unpaired) electrons. The molecule has 1 aliphatic rings. The van der Waals surface area contributed by atoms with Gasteiger partial charge in [0.05, 0.1) is 16.8 Å². The molecule has 0 atom stereocenters. The molecule has 0 unspecified atom stereocenters. The fourth-order valence-electron chi connectivity index (χ4n) is 2.23. The van der Waals surface area contributed by atoms with Crippen molar-refractivity contribution in [3.8, 4) is 0 Å². The van der Waals surface area contributed by atoms with E-state index in [-0.39, 0.29) is 5.91 Å². The third-order valence-corrected chi connectivity index (χ3v) is 4.44. The van der Waals surface area contributed by atoms with Crippen LogP contribution < -0.4 is 0 Å². The second kappa shape index (κ2) is 7.75. The second-order valence-corrected chi connectivity index (χ2v) is 6.07. The van der Waals surface area contributed by atoms with Crippen molar-refractivity contribution < 1.29 is 4.79 Å². The number of allylic oxidation sites excluding steroid dienone is 2. The predicted molar refractivity (Wildman–Crippen MR) is 99.9 cm³/mol. The highest BCUT2D eigenvalue weighted by Crippen LogP contribution is 2.32. The molecule has 4 nitrogen and oxygen atoms in total. The zero-order chi connectivity index (χ0) is 16.8. The number of likely N-dealkylation sites (N-methyl/N-ethyl adjacent to an activating group) is 1. The van der Waals surface area contributed by atoms with Gasteiger partial charge in [-0.1, -0.05) is 42.5 Å². The molecule has 1 aromatic carbocycles. The Morgan fingerprint density at radius 2 is 2.04 bits per heavy atom. The minimum atomic E-state index is -0.0112. The molecule has 1 saturated heterocycles. The maximum atomic E-state index is 12.5. The highest BCUT2D eigenvalue weighted by atomic mass is 32.2. The van der Waals surface area contributed by atoms with E-state index in [9.17, 15) is 4.79 Å². The summed E-state index contributed by atoms with van der Waals surface area (Å²) in [7, 11) is 0. The van der Waals surface area contributed by atoms with Crippen molar-refractivity contribution in [3.63, 3.8) is 0 Å². The number of hydrogen-bond acceptors (Lipinski definition) is 4. The fraction of sp³-hybridized carbons (Fsp3) is 0.105. The monoisotopic (exact) mass is 335 g/mol. The Bertz CT molecular complexity index is 798. The van der Waals surface area contributed by atoms with E-state index in [1.54, 1.807) is 17.3 Å². The van der Waals surface area contributed by atoms with Crippen molar-refractivity contribution in [3.05, 3.63) is 77.5 Å². The lowest BCUT2D eigenvalue weighted by atomic mass is 10.2. The summed E-state index contributed by atoms with van der Waals surface area (Å²) >= 11 is 1.39. The van der Waals surface area contributed by atoms with Gasteiger partial charge in [0.2, 0.25) is 0 Å². The second-order valence-electron chi connectivity index (χ2n) is 5.06. The Morgan fingerprint density at radius 1 is 1.21 bits per heavy atom. The highest BCUT2D eigenvalue weighted by molar-refractivity contribution is 8.18. The van der Waals surface area contributed by atoms with Gasteiger partial charge >= 0.3 is 0 Å². The largest absolute Gasteiger partial charge is 0.287 e. The molecular weight excluding hydrogens is 318 g/mol. The molecule has 0 saturated carbocycles. The number of amidine groups is 1. The molecule has 0 N–H and O–H groups in total. The highest BCUT2D eigenvalue weighted by Gasteiger charge is 2.31. The maximum absolute atomic E-state index is 12.5. The Kier molecular flexibility index (Phi) is 5.23. The number of carbonyl (C=O) groups is 1. The van der Waals surface area contributed by atoms with Crippen LogP contribution in [0.2, 0.25) is 0 Å². The number of aliphatic imine (C=N–C) groups is 1. The molecule has 1 aliphatic heterocycles. The van der Waals surface area contributed by atoms with Gasteiger partial charge in [-0.3, -0.25) is 14.7 Å². The molecule has 1 aromatic heterocycles. The molecule has 1 amide bonds. The van der Waals surface area contributed by atoms with Crippen LogP contribution in [-0.4, -0.2) is 27.5 Å². The molecule has 0 aliphatic carbocycles. The van der Waals surface area contributed by atoms with Gasteiger partial charge in [-0.05, 0) is 42.5 Å². The lowest BCUT2D eigenvalue weighted by molar-refractivity contribution is -0.122. The van der Waals surface area contributed by atoms with Crippen LogP contribution in [0, 0.1) is 0 Å². The number of nitrogens with zero attached hydrogens (tertiary/aromatic N) is 3. The first-order valence-corrected chi connectivity index (χ1v) is 8.51. The van der Waals surface area contributed by atoms with Crippen molar-refractivity contribution in [1.29, 1.82) is 0 Å². The molecule has 2 heterocycles. The molecule has 0 bridgehead atoms. The van der Waals surface area contributed by atoms with E-state index in [1.165, 1.54) is 11.8 Å². The Balaban J connectivity index is 1.81. The van der Waals surface area contributed by atoms with Crippen LogP contribution in [-0.2, 0) is 4.79 Å². The third-order valence-electron chi connectivity index (χ3n) is 3.41. The van der Waals surface area contributed by atoms with Gasteiger partial charge in [0.1, 0.15) is 0 Å². The average molecular weight is 335 g/mol. The van der Waals surface area contributed by atoms with E-state index < -0.39 is 0 Å². The number of aromatic nitrogens is 1. The molecule has 3 rings (SSSR count). The van der Waals surface area contributed by atoms with Gasteiger partial charge in [-0.2, -0.15) is 0 Å². The third kappa shape index (κ3) is 3.81. The zero-order valence-electron chi connectivity index (χ0n) is 13.3. The van der Waals surface area contributed by atoms with Crippen LogP contribution in [0.15, 0.2) is 76.9 Å². The van der Waals surface area contributed by atoms with E-state index in [0.717, 1.165) is 11.3 Å². The first kappa shape index (κ1) is 16.2. The summed E-state index contributed by atoms with van der Waals surface area (Å²) in [4.78, 5) is 23.4. The SMILES string of the molecule is CCN1C(=O)/C(=C/C=C/c2ccccc2)SC1=Nc1cccnc1. The topological polar surface area (TPSA) is 45.6 Å². The number of pyridine rings is 1. The van der Waals surface area contributed by atoms with E-state index in [0.29, 0.717) is 16.6 Å². The van der Waals surface area contributed by atoms with E-state index in [4.69, 9.17) is 0 Å². The molecular formula is C19H17N3OS. The van der Waals surface area contributed by atoms with Crippen molar-refractivity contribution in [2.24, 2.45) is 4.99 Å². The summed E-state index contributed by atoms with van der Waals surface area (Å²) in [5, 5.41) is 0.690. The number of benzene rings is 1. The van der Waals surface area contributed by atoms with Crippen molar-refractivity contribution in [1.82, 2.24) is 9.88 Å². The van der Waals surface area contributed by atoms with Gasteiger partial charge < -0.3 is 0 Å². The van der Waals surface area contributed by atoms with Crippen molar-refractivity contribution in [2.45, 2.75) is 6.92 Å². The normalized spacial score (nSPS) is 18.2. The summed E-state index contributed by atoms with van der Waals surface area (Å²) in [6, 6.07) is 13.7. The smallest absolute Gasteiger partial charge is 0.266 e. The summed E-state index contributed by atoms with van der Waals surface area (Å²) in [5.74, 6) is -0.0112. The quantitative estimate of drug-likeness (QED) is 0.784. The summed E-state index contributed by atoms with van der Waals surface area (Å²) in [6.45, 7) is 2.53. The Labute approximate surface area is 145 Å². The number of thioether (sulfide) groups is 1. The predicted octanol–water partition coefficient (Wildman–Crippen LogP) is 4.26. The van der Waals surface area contributed by atoms with E-state index in [2.05, 4.69) is 9.98 Å². The summed E-state index contributed by atoms with van der Waals surface area (Å²) in [6.07, 6.45) is 9.11.